The largest absolute Gasteiger partial charge is 0.313 e. The fraction of sp³-hybridized carbons (Fsp3) is 0.647. The lowest BCUT2D eigenvalue weighted by molar-refractivity contribution is 0.317. The van der Waals surface area contributed by atoms with Crippen LogP contribution >= 0.6 is 0 Å². The molecule has 0 aromatic heterocycles. The third-order valence-electron chi connectivity index (χ3n) is 4.52. The predicted octanol–water partition coefficient (Wildman–Crippen LogP) is 4.76. The van der Waals surface area contributed by atoms with Gasteiger partial charge in [-0.25, -0.2) is 4.39 Å². The van der Waals surface area contributed by atoms with Crippen LogP contribution in [-0.4, -0.2) is 7.05 Å². The van der Waals surface area contributed by atoms with E-state index in [0.29, 0.717) is 6.04 Å². The molecule has 0 heterocycles. The summed E-state index contributed by atoms with van der Waals surface area (Å²) in [5.41, 5.74) is 1.97. The highest BCUT2D eigenvalue weighted by atomic mass is 19.1. The van der Waals surface area contributed by atoms with Gasteiger partial charge in [-0.2, -0.15) is 0 Å². The molecule has 19 heavy (non-hydrogen) atoms. The van der Waals surface area contributed by atoms with Gasteiger partial charge in [-0.3, -0.25) is 0 Å². The molecule has 1 aliphatic carbocycles. The van der Waals surface area contributed by atoms with Crippen LogP contribution in [0.15, 0.2) is 18.2 Å². The molecule has 0 amide bonds. The number of rotatable bonds is 5. The Kier molecular flexibility index (Phi) is 5.38. The van der Waals surface area contributed by atoms with Gasteiger partial charge in [-0.15, -0.1) is 0 Å². The third-order valence-corrected chi connectivity index (χ3v) is 4.52. The fourth-order valence-electron chi connectivity index (χ4n) is 3.24. The van der Waals surface area contributed by atoms with Gasteiger partial charge in [0, 0.05) is 6.04 Å². The topological polar surface area (TPSA) is 12.0 Å². The lowest BCUT2D eigenvalue weighted by Gasteiger charge is -2.24. The summed E-state index contributed by atoms with van der Waals surface area (Å²) in [6.45, 7) is 1.84. The molecule has 1 aromatic rings. The smallest absolute Gasteiger partial charge is 0.126 e. The maximum absolute atomic E-state index is 13.3. The number of hydrogen-bond donors (Lipinski definition) is 1. The van der Waals surface area contributed by atoms with E-state index in [9.17, 15) is 4.39 Å². The Morgan fingerprint density at radius 2 is 2.00 bits per heavy atom. The first-order chi connectivity index (χ1) is 9.20. The van der Waals surface area contributed by atoms with Crippen LogP contribution in [0.25, 0.3) is 0 Å². The number of hydrogen-bond acceptors (Lipinski definition) is 1. The van der Waals surface area contributed by atoms with E-state index in [0.717, 1.165) is 17.9 Å². The number of nitrogens with one attached hydrogen (secondary N) is 1. The molecule has 1 saturated carbocycles. The van der Waals surface area contributed by atoms with E-state index in [1.54, 1.807) is 6.07 Å². The average molecular weight is 263 g/mol. The van der Waals surface area contributed by atoms with Gasteiger partial charge in [0.1, 0.15) is 5.82 Å². The van der Waals surface area contributed by atoms with Gasteiger partial charge >= 0.3 is 0 Å². The van der Waals surface area contributed by atoms with E-state index in [4.69, 9.17) is 0 Å². The second-order valence-electron chi connectivity index (χ2n) is 5.93. The van der Waals surface area contributed by atoms with E-state index in [1.807, 2.05) is 26.1 Å². The van der Waals surface area contributed by atoms with E-state index in [2.05, 4.69) is 5.32 Å². The summed E-state index contributed by atoms with van der Waals surface area (Å²) >= 11 is 0. The van der Waals surface area contributed by atoms with Crippen molar-refractivity contribution in [2.45, 2.75) is 57.9 Å². The summed E-state index contributed by atoms with van der Waals surface area (Å²) in [7, 11) is 2.00. The number of benzene rings is 1. The average Bonchev–Trinajstić information content (AvgIpc) is 2.44. The minimum absolute atomic E-state index is 0.106. The molecular formula is C17H26FN. The molecule has 0 radical (unpaired) electrons. The molecule has 1 unspecified atom stereocenters. The molecule has 2 heteroatoms. The van der Waals surface area contributed by atoms with Crippen LogP contribution < -0.4 is 5.32 Å². The van der Waals surface area contributed by atoms with E-state index >= 15 is 0 Å². The van der Waals surface area contributed by atoms with Crippen LogP contribution in [0, 0.1) is 18.7 Å². The maximum Gasteiger partial charge on any atom is 0.126 e. The summed E-state index contributed by atoms with van der Waals surface area (Å²) in [5, 5.41) is 3.38. The highest BCUT2D eigenvalue weighted by Crippen LogP contribution is 2.30. The van der Waals surface area contributed by atoms with E-state index < -0.39 is 0 Å². The first-order valence-corrected chi connectivity index (χ1v) is 7.64. The van der Waals surface area contributed by atoms with Crippen molar-refractivity contribution in [1.82, 2.24) is 5.32 Å². The first-order valence-electron chi connectivity index (χ1n) is 7.64. The van der Waals surface area contributed by atoms with Crippen molar-refractivity contribution < 1.29 is 4.39 Å². The van der Waals surface area contributed by atoms with Crippen LogP contribution in [-0.2, 0) is 0 Å². The highest BCUT2D eigenvalue weighted by Gasteiger charge is 2.17. The van der Waals surface area contributed by atoms with Gasteiger partial charge in [-0.05, 0) is 49.9 Å². The Hall–Kier alpha value is -0.890. The summed E-state index contributed by atoms with van der Waals surface area (Å²) in [6, 6.07) is 5.86. The zero-order valence-corrected chi connectivity index (χ0v) is 12.2. The fourth-order valence-corrected chi connectivity index (χ4v) is 3.24. The molecule has 1 N–H and O–H groups in total. The van der Waals surface area contributed by atoms with Crippen molar-refractivity contribution in [3.63, 3.8) is 0 Å². The van der Waals surface area contributed by atoms with Crippen LogP contribution in [0.4, 0.5) is 4.39 Å². The van der Waals surface area contributed by atoms with Crippen molar-refractivity contribution in [2.24, 2.45) is 5.92 Å². The molecule has 0 saturated heterocycles. The lowest BCUT2D eigenvalue weighted by Crippen LogP contribution is -2.18. The number of halogens is 1. The molecular weight excluding hydrogens is 237 g/mol. The first kappa shape index (κ1) is 14.5. The second-order valence-corrected chi connectivity index (χ2v) is 5.93. The Morgan fingerprint density at radius 3 is 2.63 bits per heavy atom. The molecule has 1 nitrogen and oxygen atoms in total. The molecule has 1 aromatic carbocycles. The van der Waals surface area contributed by atoms with Crippen molar-refractivity contribution in [1.29, 1.82) is 0 Å². The van der Waals surface area contributed by atoms with Crippen LogP contribution in [0.2, 0.25) is 0 Å². The minimum atomic E-state index is -0.106. The van der Waals surface area contributed by atoms with Crippen molar-refractivity contribution in [3.8, 4) is 0 Å². The molecule has 0 spiro atoms. The number of aryl methyl sites for hydroxylation is 1. The summed E-state index contributed by atoms with van der Waals surface area (Å²) in [5.74, 6) is 0.803. The molecule has 106 valence electrons. The quantitative estimate of drug-likeness (QED) is 0.808. The van der Waals surface area contributed by atoms with Gasteiger partial charge < -0.3 is 5.32 Å². The third kappa shape index (κ3) is 4.04. The van der Waals surface area contributed by atoms with Crippen molar-refractivity contribution in [2.75, 3.05) is 7.05 Å². The Bertz CT molecular complexity index is 396. The molecule has 0 aliphatic heterocycles. The standard InChI is InChI=1S/C17H26FN/c1-13-12-15(9-10-16(13)18)17(19-2)11-8-14-6-4-3-5-7-14/h9-10,12,14,17,19H,3-8,11H2,1-2H3. The van der Waals surface area contributed by atoms with Crippen molar-refractivity contribution >= 4 is 0 Å². The second kappa shape index (κ2) is 7.04. The van der Waals surface area contributed by atoms with Gasteiger partial charge in [0.15, 0.2) is 0 Å². The maximum atomic E-state index is 13.3. The van der Waals surface area contributed by atoms with Gasteiger partial charge in [0.2, 0.25) is 0 Å². The van der Waals surface area contributed by atoms with Crippen LogP contribution in [0.5, 0.6) is 0 Å². The molecule has 1 atom stereocenters. The Balaban J connectivity index is 1.93. The summed E-state index contributed by atoms with van der Waals surface area (Å²) < 4.78 is 13.3. The predicted molar refractivity (Wildman–Crippen MR) is 78.7 cm³/mol. The van der Waals surface area contributed by atoms with Crippen molar-refractivity contribution in [3.05, 3.63) is 35.1 Å². The Morgan fingerprint density at radius 1 is 1.26 bits per heavy atom. The minimum Gasteiger partial charge on any atom is -0.313 e. The Labute approximate surface area is 116 Å². The van der Waals surface area contributed by atoms with Gasteiger partial charge in [-0.1, -0.05) is 44.2 Å². The summed E-state index contributed by atoms with van der Waals surface area (Å²) in [6.07, 6.45) is 9.49. The zero-order chi connectivity index (χ0) is 13.7. The zero-order valence-electron chi connectivity index (χ0n) is 12.2. The normalized spacial score (nSPS) is 18.5. The van der Waals surface area contributed by atoms with E-state index in [-0.39, 0.29) is 5.82 Å². The molecule has 0 bridgehead atoms. The molecule has 1 fully saturated rings. The lowest BCUT2D eigenvalue weighted by atomic mass is 9.84. The SMILES string of the molecule is CNC(CCC1CCCCC1)c1ccc(F)c(C)c1. The summed E-state index contributed by atoms with van der Waals surface area (Å²) in [4.78, 5) is 0. The molecule has 1 aliphatic rings. The van der Waals surface area contributed by atoms with Gasteiger partial charge in [0.25, 0.3) is 0 Å². The monoisotopic (exact) mass is 263 g/mol. The highest BCUT2D eigenvalue weighted by molar-refractivity contribution is 5.26. The van der Waals surface area contributed by atoms with Crippen LogP contribution in [0.3, 0.4) is 0 Å². The van der Waals surface area contributed by atoms with Crippen LogP contribution in [0.1, 0.15) is 62.1 Å². The van der Waals surface area contributed by atoms with Gasteiger partial charge in [0.05, 0.1) is 0 Å². The molecule has 2 rings (SSSR count). The van der Waals surface area contributed by atoms with E-state index in [1.165, 1.54) is 44.1 Å².